The molecule has 0 aliphatic heterocycles. The molecule has 0 aliphatic carbocycles. The molecule has 0 bridgehead atoms. The van der Waals surface area contributed by atoms with Gasteiger partial charge in [0.2, 0.25) is 0 Å². The van der Waals surface area contributed by atoms with Gasteiger partial charge in [0.05, 0.1) is 20.8 Å². The number of benzene rings is 1. The first-order valence-electron chi connectivity index (χ1n) is 4.02. The highest BCUT2D eigenvalue weighted by molar-refractivity contribution is 14.1. The lowest BCUT2D eigenvalue weighted by atomic mass is 10.2. The standard InChI is InChI=1S/C9H5F3INS/c1-4-14-8-6(9(10,11)12)2-5(13)3-7(8)15-4/h2-3H,1H3. The number of nitrogens with zero attached hydrogens (tertiary/aromatic N) is 1. The molecule has 1 nitrogen and oxygen atoms in total. The smallest absolute Gasteiger partial charge is 0.241 e. The van der Waals surface area contributed by atoms with E-state index in [9.17, 15) is 13.2 Å². The predicted molar refractivity (Wildman–Crippen MR) is 62.1 cm³/mol. The first kappa shape index (κ1) is 11.1. The van der Waals surface area contributed by atoms with E-state index in [0.29, 0.717) is 13.3 Å². The predicted octanol–water partition coefficient (Wildman–Crippen LogP) is 4.23. The fourth-order valence-electron chi connectivity index (χ4n) is 1.32. The summed E-state index contributed by atoms with van der Waals surface area (Å²) in [6.07, 6.45) is -4.33. The first-order chi connectivity index (χ1) is 6.88. The molecule has 80 valence electrons. The van der Waals surface area contributed by atoms with Crippen LogP contribution in [-0.4, -0.2) is 4.98 Å². The minimum atomic E-state index is -4.33. The monoisotopic (exact) mass is 343 g/mol. The number of aryl methyl sites for hydroxylation is 1. The third kappa shape index (κ3) is 2.10. The average Bonchev–Trinajstić information content (AvgIpc) is 2.41. The van der Waals surface area contributed by atoms with Gasteiger partial charge in [0.15, 0.2) is 0 Å². The van der Waals surface area contributed by atoms with Crippen molar-refractivity contribution < 1.29 is 13.2 Å². The van der Waals surface area contributed by atoms with E-state index in [0.717, 1.165) is 6.07 Å². The van der Waals surface area contributed by atoms with Crippen LogP contribution in [0.5, 0.6) is 0 Å². The zero-order chi connectivity index (χ0) is 11.2. The SMILES string of the molecule is Cc1nc2c(C(F)(F)F)cc(I)cc2s1. The van der Waals surface area contributed by atoms with Crippen LogP contribution in [0.1, 0.15) is 10.6 Å². The maximum absolute atomic E-state index is 12.7. The lowest BCUT2D eigenvalue weighted by molar-refractivity contribution is -0.136. The highest BCUT2D eigenvalue weighted by atomic mass is 127. The molecule has 0 N–H and O–H groups in total. The van der Waals surface area contributed by atoms with Gasteiger partial charge in [-0.15, -0.1) is 11.3 Å². The Morgan fingerprint density at radius 2 is 2.00 bits per heavy atom. The van der Waals surface area contributed by atoms with Crippen molar-refractivity contribution in [2.45, 2.75) is 13.1 Å². The number of alkyl halides is 3. The van der Waals surface area contributed by atoms with E-state index in [4.69, 9.17) is 0 Å². The quantitative estimate of drug-likeness (QED) is 0.653. The molecular weight excluding hydrogens is 338 g/mol. The van der Waals surface area contributed by atoms with Crippen molar-refractivity contribution in [3.05, 3.63) is 26.3 Å². The van der Waals surface area contributed by atoms with E-state index in [1.54, 1.807) is 13.0 Å². The molecule has 0 atom stereocenters. The summed E-state index contributed by atoms with van der Waals surface area (Å²) in [4.78, 5) is 3.92. The zero-order valence-corrected chi connectivity index (χ0v) is 10.5. The number of rotatable bonds is 0. The van der Waals surface area contributed by atoms with Gasteiger partial charge < -0.3 is 0 Å². The Hall–Kier alpha value is -0.370. The molecule has 1 aromatic carbocycles. The Balaban J connectivity index is 2.82. The fourth-order valence-corrected chi connectivity index (χ4v) is 3.05. The van der Waals surface area contributed by atoms with Gasteiger partial charge in [0, 0.05) is 3.57 Å². The van der Waals surface area contributed by atoms with E-state index in [1.807, 2.05) is 22.6 Å². The topological polar surface area (TPSA) is 12.9 Å². The first-order valence-corrected chi connectivity index (χ1v) is 5.91. The van der Waals surface area contributed by atoms with Crippen molar-refractivity contribution in [3.8, 4) is 0 Å². The Labute approximate surface area is 101 Å². The second-order valence-corrected chi connectivity index (χ2v) is 5.51. The second kappa shape index (κ2) is 3.58. The van der Waals surface area contributed by atoms with Crippen LogP contribution in [0.2, 0.25) is 0 Å². The normalized spacial score (nSPS) is 12.3. The van der Waals surface area contributed by atoms with Crippen molar-refractivity contribution >= 4 is 44.1 Å². The van der Waals surface area contributed by atoms with Crippen LogP contribution < -0.4 is 0 Å². The van der Waals surface area contributed by atoms with Crippen molar-refractivity contribution in [1.29, 1.82) is 0 Å². The molecule has 0 fully saturated rings. The molecular formula is C9H5F3INS. The summed E-state index contributed by atoms with van der Waals surface area (Å²) in [6, 6.07) is 2.85. The molecule has 2 aromatic rings. The third-order valence-electron chi connectivity index (χ3n) is 1.87. The van der Waals surface area contributed by atoms with Crippen molar-refractivity contribution in [3.63, 3.8) is 0 Å². The van der Waals surface area contributed by atoms with Crippen molar-refractivity contribution in [1.82, 2.24) is 4.98 Å². The van der Waals surface area contributed by atoms with Gasteiger partial charge in [-0.2, -0.15) is 13.2 Å². The summed E-state index contributed by atoms with van der Waals surface area (Å²) in [5.74, 6) is 0. The van der Waals surface area contributed by atoms with Crippen LogP contribution in [0.25, 0.3) is 10.2 Å². The van der Waals surface area contributed by atoms with Crippen molar-refractivity contribution in [2.75, 3.05) is 0 Å². The van der Waals surface area contributed by atoms with E-state index >= 15 is 0 Å². The molecule has 6 heteroatoms. The number of aromatic nitrogens is 1. The highest BCUT2D eigenvalue weighted by Gasteiger charge is 2.34. The molecule has 0 aliphatic rings. The molecule has 0 spiro atoms. The van der Waals surface area contributed by atoms with Gasteiger partial charge in [-0.05, 0) is 41.6 Å². The van der Waals surface area contributed by atoms with Crippen LogP contribution in [-0.2, 0) is 6.18 Å². The average molecular weight is 343 g/mol. The van der Waals surface area contributed by atoms with Crippen LogP contribution >= 0.6 is 33.9 Å². The van der Waals surface area contributed by atoms with Gasteiger partial charge in [0.1, 0.15) is 0 Å². The minimum Gasteiger partial charge on any atom is -0.241 e. The van der Waals surface area contributed by atoms with Gasteiger partial charge in [-0.3, -0.25) is 0 Å². The van der Waals surface area contributed by atoms with Gasteiger partial charge in [0.25, 0.3) is 0 Å². The lowest BCUT2D eigenvalue weighted by Crippen LogP contribution is -2.06. The van der Waals surface area contributed by atoms with E-state index in [-0.39, 0.29) is 5.52 Å². The van der Waals surface area contributed by atoms with E-state index in [2.05, 4.69) is 4.98 Å². The summed E-state index contributed by atoms with van der Waals surface area (Å²) < 4.78 is 39.2. The molecule has 15 heavy (non-hydrogen) atoms. The Morgan fingerprint density at radius 1 is 1.33 bits per heavy atom. The van der Waals surface area contributed by atoms with E-state index < -0.39 is 11.7 Å². The minimum absolute atomic E-state index is 0.0606. The van der Waals surface area contributed by atoms with Gasteiger partial charge in [-0.1, -0.05) is 0 Å². The number of fused-ring (bicyclic) bond motifs is 1. The molecule has 0 saturated heterocycles. The molecule has 0 unspecified atom stereocenters. The van der Waals surface area contributed by atoms with Crippen LogP contribution in [0.3, 0.4) is 0 Å². The highest BCUT2D eigenvalue weighted by Crippen LogP contribution is 2.37. The van der Waals surface area contributed by atoms with Crippen LogP contribution in [0.4, 0.5) is 13.2 Å². The maximum atomic E-state index is 12.7. The summed E-state index contributed by atoms with van der Waals surface area (Å²) in [5, 5.41) is 0.650. The largest absolute Gasteiger partial charge is 0.418 e. The molecule has 1 heterocycles. The van der Waals surface area contributed by atoms with Crippen molar-refractivity contribution in [2.24, 2.45) is 0 Å². The van der Waals surface area contributed by atoms with Crippen LogP contribution in [0.15, 0.2) is 12.1 Å². The third-order valence-corrected chi connectivity index (χ3v) is 3.41. The Kier molecular flexibility index (Phi) is 2.66. The number of hydrogen-bond acceptors (Lipinski definition) is 2. The maximum Gasteiger partial charge on any atom is 0.418 e. The second-order valence-electron chi connectivity index (χ2n) is 3.03. The lowest BCUT2D eigenvalue weighted by Gasteiger charge is -2.07. The molecule has 0 amide bonds. The van der Waals surface area contributed by atoms with Gasteiger partial charge in [-0.25, -0.2) is 4.98 Å². The Bertz CT molecular complexity index is 518. The summed E-state index contributed by atoms with van der Waals surface area (Å²) >= 11 is 3.16. The molecule has 1 aromatic heterocycles. The van der Waals surface area contributed by atoms with E-state index in [1.165, 1.54) is 11.3 Å². The van der Waals surface area contributed by atoms with Gasteiger partial charge >= 0.3 is 6.18 Å². The molecule has 0 saturated carbocycles. The summed E-state index contributed by atoms with van der Waals surface area (Å²) in [6.45, 7) is 1.71. The molecule has 2 rings (SSSR count). The number of halogens is 4. The summed E-state index contributed by atoms with van der Waals surface area (Å²) in [7, 11) is 0. The number of thiazole rings is 1. The molecule has 0 radical (unpaired) electrons. The zero-order valence-electron chi connectivity index (χ0n) is 7.52. The van der Waals surface area contributed by atoms with Crippen LogP contribution in [0, 0.1) is 10.5 Å². The summed E-state index contributed by atoms with van der Waals surface area (Å²) in [5.41, 5.74) is -0.584. The Morgan fingerprint density at radius 3 is 2.60 bits per heavy atom. The fraction of sp³-hybridized carbons (Fsp3) is 0.222. The number of hydrogen-bond donors (Lipinski definition) is 0.